The molecule has 0 amide bonds. The van der Waals surface area contributed by atoms with E-state index in [9.17, 15) is 8.78 Å². The normalized spacial score (nSPS) is 21.3. The van der Waals surface area contributed by atoms with Crippen molar-refractivity contribution >= 4 is 0 Å². The maximum atomic E-state index is 12.2. The number of alkyl halides is 2. The van der Waals surface area contributed by atoms with Crippen molar-refractivity contribution < 1.29 is 18.3 Å². The number of benzene rings is 1. The minimum Gasteiger partial charge on any atom is -0.435 e. The van der Waals surface area contributed by atoms with Gasteiger partial charge in [-0.3, -0.25) is 4.90 Å². The zero-order valence-corrected chi connectivity index (χ0v) is 14.1. The smallest absolute Gasteiger partial charge is 0.387 e. The minimum absolute atomic E-state index is 0.216. The maximum absolute atomic E-state index is 12.2. The summed E-state index contributed by atoms with van der Waals surface area (Å²) < 4.78 is 35.0. The highest BCUT2D eigenvalue weighted by Crippen LogP contribution is 2.25. The molecule has 1 saturated heterocycles. The molecule has 0 atom stereocenters. The van der Waals surface area contributed by atoms with E-state index in [4.69, 9.17) is 4.74 Å². The minimum atomic E-state index is -2.76. The molecule has 2 aliphatic rings. The number of likely N-dealkylation sites (tertiary alicyclic amines) is 1. The zero-order valence-electron chi connectivity index (χ0n) is 14.1. The first-order valence-corrected chi connectivity index (χ1v) is 9.10. The molecule has 0 radical (unpaired) electrons. The van der Waals surface area contributed by atoms with E-state index in [1.54, 1.807) is 12.1 Å². The largest absolute Gasteiger partial charge is 0.435 e. The Hall–Kier alpha value is -1.20. The summed E-state index contributed by atoms with van der Waals surface area (Å²) in [4.78, 5) is 2.41. The summed E-state index contributed by atoms with van der Waals surface area (Å²) in [5, 5.41) is 0. The van der Waals surface area contributed by atoms with Crippen molar-refractivity contribution in [3.8, 4) is 5.75 Å². The lowest BCUT2D eigenvalue weighted by atomic mass is 9.97. The van der Waals surface area contributed by atoms with Crippen molar-refractivity contribution in [1.82, 2.24) is 4.90 Å². The number of halogens is 2. The fraction of sp³-hybridized carbons (Fsp3) is 0.684. The summed E-state index contributed by atoms with van der Waals surface area (Å²) in [6.07, 6.45) is 9.51. The Labute approximate surface area is 142 Å². The fourth-order valence-corrected chi connectivity index (χ4v) is 3.71. The van der Waals surface area contributed by atoms with Crippen molar-refractivity contribution in [2.24, 2.45) is 0 Å². The number of rotatable bonds is 6. The van der Waals surface area contributed by atoms with E-state index >= 15 is 0 Å². The molecule has 24 heavy (non-hydrogen) atoms. The highest BCUT2D eigenvalue weighted by Gasteiger charge is 2.23. The molecule has 3 rings (SSSR count). The summed E-state index contributed by atoms with van der Waals surface area (Å²) >= 11 is 0. The van der Waals surface area contributed by atoms with Gasteiger partial charge < -0.3 is 9.47 Å². The molecule has 1 aromatic carbocycles. The summed E-state index contributed by atoms with van der Waals surface area (Å²) in [5.74, 6) is 0.216. The third kappa shape index (κ3) is 5.42. The van der Waals surface area contributed by atoms with Crippen LogP contribution in [0.25, 0.3) is 0 Å². The molecule has 1 aromatic rings. The second kappa shape index (κ2) is 8.77. The van der Waals surface area contributed by atoms with E-state index in [0.717, 1.165) is 38.0 Å². The van der Waals surface area contributed by atoms with Crippen molar-refractivity contribution in [2.75, 3.05) is 13.1 Å². The monoisotopic (exact) mass is 339 g/mol. The molecule has 0 aromatic heterocycles. The van der Waals surface area contributed by atoms with E-state index < -0.39 is 6.61 Å². The van der Waals surface area contributed by atoms with Crippen molar-refractivity contribution in [3.05, 3.63) is 29.8 Å². The van der Waals surface area contributed by atoms with Gasteiger partial charge in [-0.25, -0.2) is 0 Å². The quantitative estimate of drug-likeness (QED) is 0.756. The van der Waals surface area contributed by atoms with Gasteiger partial charge in [-0.2, -0.15) is 8.78 Å². The molecule has 0 spiro atoms. The summed E-state index contributed by atoms with van der Waals surface area (Å²) in [7, 11) is 0. The molecule has 134 valence electrons. The molecular weight excluding hydrogens is 312 g/mol. The first-order chi connectivity index (χ1) is 11.7. The first kappa shape index (κ1) is 17.6. The van der Waals surface area contributed by atoms with Crippen LogP contribution in [0.1, 0.15) is 50.5 Å². The highest BCUT2D eigenvalue weighted by atomic mass is 19.3. The maximum Gasteiger partial charge on any atom is 0.387 e. The zero-order chi connectivity index (χ0) is 16.8. The molecule has 1 saturated carbocycles. The van der Waals surface area contributed by atoms with Gasteiger partial charge >= 0.3 is 6.61 Å². The van der Waals surface area contributed by atoms with E-state index in [1.807, 2.05) is 12.1 Å². The van der Waals surface area contributed by atoms with Crippen molar-refractivity contribution in [2.45, 2.75) is 70.3 Å². The Morgan fingerprint density at radius 1 is 0.917 bits per heavy atom. The first-order valence-electron chi connectivity index (χ1n) is 9.10. The molecule has 1 heterocycles. The van der Waals surface area contributed by atoms with Gasteiger partial charge in [0.05, 0.1) is 12.2 Å². The summed E-state index contributed by atoms with van der Waals surface area (Å²) in [6, 6.07) is 6.95. The van der Waals surface area contributed by atoms with Crippen molar-refractivity contribution in [3.63, 3.8) is 0 Å². The summed E-state index contributed by atoms with van der Waals surface area (Å²) in [5.41, 5.74) is 1.13. The average molecular weight is 339 g/mol. The standard InChI is InChI=1S/C19H27F2NO2/c20-19(21)24-17-8-6-15(7-9-17)14-22-12-10-18(11-13-22)23-16-4-2-1-3-5-16/h6-9,16,18-19H,1-5,10-14H2. The predicted molar refractivity (Wildman–Crippen MR) is 89.3 cm³/mol. The molecule has 5 heteroatoms. The molecule has 1 aliphatic heterocycles. The number of ether oxygens (including phenoxy) is 2. The lowest BCUT2D eigenvalue weighted by molar-refractivity contribution is -0.0565. The van der Waals surface area contributed by atoms with Gasteiger partial charge in [0.15, 0.2) is 0 Å². The summed E-state index contributed by atoms with van der Waals surface area (Å²) in [6.45, 7) is 0.156. The fourth-order valence-electron chi connectivity index (χ4n) is 3.71. The van der Waals surface area contributed by atoms with Crippen LogP contribution in [0.3, 0.4) is 0 Å². The Bertz CT molecular complexity index is 481. The second-order valence-electron chi connectivity index (χ2n) is 6.89. The number of hydrogen-bond donors (Lipinski definition) is 0. The second-order valence-corrected chi connectivity index (χ2v) is 6.89. The van der Waals surface area contributed by atoms with Crippen LogP contribution in [0.4, 0.5) is 8.78 Å². The van der Waals surface area contributed by atoms with Gasteiger partial charge in [-0.15, -0.1) is 0 Å². The van der Waals surface area contributed by atoms with Gasteiger partial charge in [0.2, 0.25) is 0 Å². The topological polar surface area (TPSA) is 21.7 Å². The molecule has 3 nitrogen and oxygen atoms in total. The van der Waals surface area contributed by atoms with Crippen LogP contribution in [0.2, 0.25) is 0 Å². The third-order valence-electron chi connectivity index (χ3n) is 5.03. The van der Waals surface area contributed by atoms with Crippen LogP contribution >= 0.6 is 0 Å². The molecule has 0 bridgehead atoms. The third-order valence-corrected chi connectivity index (χ3v) is 5.03. The highest BCUT2D eigenvalue weighted by molar-refractivity contribution is 5.27. The van der Waals surface area contributed by atoms with Crippen molar-refractivity contribution in [1.29, 1.82) is 0 Å². The number of nitrogens with zero attached hydrogens (tertiary/aromatic N) is 1. The lowest BCUT2D eigenvalue weighted by Gasteiger charge is -2.35. The van der Waals surface area contributed by atoms with Gasteiger partial charge in [-0.05, 0) is 43.4 Å². The Balaban J connectivity index is 1.40. The van der Waals surface area contributed by atoms with Crippen LogP contribution in [-0.4, -0.2) is 36.8 Å². The van der Waals surface area contributed by atoms with Crippen LogP contribution in [0.15, 0.2) is 24.3 Å². The van der Waals surface area contributed by atoms with Crippen LogP contribution in [-0.2, 0) is 11.3 Å². The van der Waals surface area contributed by atoms with E-state index in [-0.39, 0.29) is 5.75 Å². The van der Waals surface area contributed by atoms with Gasteiger partial charge in [0.25, 0.3) is 0 Å². The van der Waals surface area contributed by atoms with Gasteiger partial charge in [0.1, 0.15) is 5.75 Å². The SMILES string of the molecule is FC(F)Oc1ccc(CN2CCC(OC3CCCCC3)CC2)cc1. The molecule has 0 N–H and O–H groups in total. The van der Waals surface area contributed by atoms with Crippen LogP contribution < -0.4 is 4.74 Å². The Morgan fingerprint density at radius 3 is 2.17 bits per heavy atom. The average Bonchev–Trinajstić information content (AvgIpc) is 2.59. The van der Waals surface area contributed by atoms with Crippen LogP contribution in [0.5, 0.6) is 5.75 Å². The lowest BCUT2D eigenvalue weighted by Crippen LogP contribution is -2.38. The van der Waals surface area contributed by atoms with Gasteiger partial charge in [0, 0.05) is 19.6 Å². The van der Waals surface area contributed by atoms with E-state index in [2.05, 4.69) is 9.64 Å². The molecule has 0 unspecified atom stereocenters. The predicted octanol–water partition coefficient (Wildman–Crippen LogP) is 4.60. The van der Waals surface area contributed by atoms with Crippen LogP contribution in [0, 0.1) is 0 Å². The number of piperidine rings is 1. The molecular formula is C19H27F2NO2. The van der Waals surface area contributed by atoms with E-state index in [1.165, 1.54) is 32.1 Å². The Kier molecular flexibility index (Phi) is 6.44. The number of hydrogen-bond acceptors (Lipinski definition) is 3. The van der Waals surface area contributed by atoms with E-state index in [0.29, 0.717) is 12.2 Å². The Morgan fingerprint density at radius 2 is 1.54 bits per heavy atom. The molecule has 1 aliphatic carbocycles. The molecule has 2 fully saturated rings. The van der Waals surface area contributed by atoms with Gasteiger partial charge in [-0.1, -0.05) is 31.4 Å².